The summed E-state index contributed by atoms with van der Waals surface area (Å²) in [5.74, 6) is 1.74. The highest BCUT2D eigenvalue weighted by atomic mass is 32.1. The zero-order valence-corrected chi connectivity index (χ0v) is 17.0. The van der Waals surface area contributed by atoms with Gasteiger partial charge in [0.1, 0.15) is 18.0 Å². The molecule has 1 unspecified atom stereocenters. The van der Waals surface area contributed by atoms with E-state index in [0.717, 1.165) is 44.4 Å². The lowest BCUT2D eigenvalue weighted by atomic mass is 9.98. The second-order valence-electron chi connectivity index (χ2n) is 6.35. The van der Waals surface area contributed by atoms with Gasteiger partial charge >= 0.3 is 0 Å². The molecule has 1 fully saturated rings. The van der Waals surface area contributed by atoms with E-state index >= 15 is 0 Å². The second kappa shape index (κ2) is 11.6. The molecule has 3 heterocycles. The molecule has 0 saturated carbocycles. The Balaban J connectivity index is 0.00000145. The summed E-state index contributed by atoms with van der Waals surface area (Å²) in [5.41, 5.74) is 5.07. The Morgan fingerprint density at radius 1 is 1.45 bits per heavy atom. The minimum atomic E-state index is -2.80. The quantitative estimate of drug-likeness (QED) is 0.344. The molecule has 11 heteroatoms. The number of hydrogen-bond acceptors (Lipinski definition) is 8. The van der Waals surface area contributed by atoms with Gasteiger partial charge in [0.2, 0.25) is 0 Å². The lowest BCUT2D eigenvalue weighted by molar-refractivity contribution is 0.226. The average molecular weight is 425 g/mol. The van der Waals surface area contributed by atoms with Crippen molar-refractivity contribution in [3.8, 4) is 11.4 Å². The number of rotatable bonds is 7. The predicted octanol–water partition coefficient (Wildman–Crippen LogP) is 2.39. The summed E-state index contributed by atoms with van der Waals surface area (Å²) in [4.78, 5) is 18.0. The highest BCUT2D eigenvalue weighted by Gasteiger charge is 2.21. The summed E-state index contributed by atoms with van der Waals surface area (Å²) in [6.07, 6.45) is 4.92. The van der Waals surface area contributed by atoms with Gasteiger partial charge in [-0.25, -0.2) is 23.7 Å². The van der Waals surface area contributed by atoms with Crippen LogP contribution < -0.4 is 15.4 Å². The number of piperidine rings is 1. The summed E-state index contributed by atoms with van der Waals surface area (Å²) < 4.78 is 27.7. The fourth-order valence-electron chi connectivity index (χ4n) is 3.03. The van der Waals surface area contributed by atoms with Gasteiger partial charge in [-0.05, 0) is 38.0 Å². The minimum absolute atomic E-state index is 0.383. The molecule has 0 aromatic carbocycles. The van der Waals surface area contributed by atoms with E-state index in [-0.39, 0.29) is 0 Å². The van der Waals surface area contributed by atoms with Gasteiger partial charge in [-0.3, -0.25) is 10.1 Å². The number of hydrogen-bond donors (Lipinski definition) is 5. The van der Waals surface area contributed by atoms with E-state index in [2.05, 4.69) is 48.1 Å². The number of halogens is 2. The van der Waals surface area contributed by atoms with Gasteiger partial charge in [0, 0.05) is 25.7 Å². The maximum Gasteiger partial charge on any atom is 0.279 e. The first-order valence-corrected chi connectivity index (χ1v) is 9.63. The fourth-order valence-corrected chi connectivity index (χ4v) is 3.29. The van der Waals surface area contributed by atoms with Crippen LogP contribution in [0, 0.1) is 11.3 Å². The van der Waals surface area contributed by atoms with Crippen molar-refractivity contribution in [2.75, 3.05) is 31.6 Å². The van der Waals surface area contributed by atoms with Crippen molar-refractivity contribution in [3.63, 3.8) is 0 Å². The third-order valence-electron chi connectivity index (χ3n) is 4.40. The Morgan fingerprint density at radius 2 is 2.24 bits per heavy atom. The van der Waals surface area contributed by atoms with E-state index in [1.54, 1.807) is 6.20 Å². The SMILES string of the molecule is CN.N=C(/C=C\c1ncc(-c2cc(N3CCCC(CNS)C3)ncn2)[nH]1)C(F)F. The van der Waals surface area contributed by atoms with Crippen molar-refractivity contribution < 1.29 is 8.78 Å². The first kappa shape index (κ1) is 22.9. The fraction of sp³-hybridized carbons (Fsp3) is 0.444. The Hall–Kier alpha value is -2.37. The molecule has 0 bridgehead atoms. The van der Waals surface area contributed by atoms with Crippen LogP contribution in [-0.2, 0) is 0 Å². The minimum Gasteiger partial charge on any atom is -0.356 e. The van der Waals surface area contributed by atoms with Crippen molar-refractivity contribution >= 4 is 30.4 Å². The van der Waals surface area contributed by atoms with Crippen LogP contribution in [0.1, 0.15) is 18.7 Å². The monoisotopic (exact) mass is 424 g/mol. The molecule has 1 aliphatic rings. The molecule has 3 rings (SSSR count). The molecule has 2 aromatic heterocycles. The van der Waals surface area contributed by atoms with Crippen LogP contribution >= 0.6 is 12.8 Å². The van der Waals surface area contributed by atoms with E-state index in [1.807, 2.05) is 6.07 Å². The third kappa shape index (κ3) is 6.58. The molecule has 1 aliphatic heterocycles. The van der Waals surface area contributed by atoms with Crippen LogP contribution in [0.15, 0.2) is 24.7 Å². The Kier molecular flexibility index (Phi) is 9.16. The van der Waals surface area contributed by atoms with Crippen molar-refractivity contribution in [1.82, 2.24) is 24.7 Å². The number of alkyl halides is 2. The molecule has 158 valence electrons. The summed E-state index contributed by atoms with van der Waals surface area (Å²) >= 11 is 4.09. The van der Waals surface area contributed by atoms with Crippen molar-refractivity contribution in [2.24, 2.45) is 11.7 Å². The molecular weight excluding hydrogens is 398 g/mol. The number of aromatic nitrogens is 4. The molecule has 29 heavy (non-hydrogen) atoms. The highest BCUT2D eigenvalue weighted by Crippen LogP contribution is 2.24. The van der Waals surface area contributed by atoms with Crippen LogP contribution in [0.2, 0.25) is 0 Å². The topological polar surface area (TPSA) is 120 Å². The van der Waals surface area contributed by atoms with Crippen LogP contribution in [0.3, 0.4) is 0 Å². The number of imidazole rings is 1. The Labute approximate surface area is 174 Å². The number of aromatic amines is 1. The second-order valence-corrected chi connectivity index (χ2v) is 6.67. The maximum absolute atomic E-state index is 12.4. The summed E-state index contributed by atoms with van der Waals surface area (Å²) in [6, 6.07) is 1.89. The van der Waals surface area contributed by atoms with E-state index in [1.165, 1.54) is 19.5 Å². The molecule has 5 N–H and O–H groups in total. The lowest BCUT2D eigenvalue weighted by Gasteiger charge is -2.33. The standard InChI is InChI=1S/C17H21F2N7S.CH5N/c18-17(19)12(20)3-4-15-21-8-14(25-15)13-6-16(23-10-22-13)26-5-1-2-11(9-26)7-24-27;1-2/h3-4,6,8,10-11,17,20,24,27H,1-2,5,7,9H2,(H,21,25);2H2,1H3/b4-3-,20-12?;. The molecule has 8 nitrogen and oxygen atoms in total. The average Bonchev–Trinajstić information content (AvgIpc) is 3.23. The van der Waals surface area contributed by atoms with E-state index < -0.39 is 12.1 Å². The van der Waals surface area contributed by atoms with Crippen LogP contribution in [0.25, 0.3) is 17.5 Å². The van der Waals surface area contributed by atoms with Gasteiger partial charge in [0.25, 0.3) is 6.43 Å². The number of nitrogens with one attached hydrogen (secondary N) is 3. The molecular formula is C18H26F2N8S. The van der Waals surface area contributed by atoms with Crippen LogP contribution in [0.4, 0.5) is 14.6 Å². The summed E-state index contributed by atoms with van der Waals surface area (Å²) in [5, 5.41) is 7.14. The normalized spacial score (nSPS) is 16.8. The van der Waals surface area contributed by atoms with E-state index in [9.17, 15) is 8.78 Å². The zero-order valence-electron chi connectivity index (χ0n) is 16.1. The molecule has 0 amide bonds. The predicted molar refractivity (Wildman–Crippen MR) is 114 cm³/mol. The van der Waals surface area contributed by atoms with Crippen molar-refractivity contribution in [2.45, 2.75) is 19.3 Å². The van der Waals surface area contributed by atoms with Crippen LogP contribution in [-0.4, -0.2) is 58.8 Å². The molecule has 1 atom stereocenters. The third-order valence-corrected chi connectivity index (χ3v) is 4.59. The van der Waals surface area contributed by atoms with Crippen molar-refractivity contribution in [1.29, 1.82) is 5.41 Å². The van der Waals surface area contributed by atoms with E-state index in [0.29, 0.717) is 23.1 Å². The zero-order chi connectivity index (χ0) is 21.2. The van der Waals surface area contributed by atoms with Gasteiger partial charge in [-0.15, -0.1) is 0 Å². The van der Waals surface area contributed by atoms with Gasteiger partial charge in [0.15, 0.2) is 0 Å². The van der Waals surface area contributed by atoms with Gasteiger partial charge in [0.05, 0.1) is 23.3 Å². The smallest absolute Gasteiger partial charge is 0.279 e. The summed E-state index contributed by atoms with van der Waals surface area (Å²) in [7, 11) is 1.50. The number of nitrogens with two attached hydrogens (primary N) is 1. The number of allylic oxidation sites excluding steroid dienone is 1. The number of H-pyrrole nitrogens is 1. The maximum atomic E-state index is 12.4. The molecule has 1 saturated heterocycles. The molecule has 0 aliphatic carbocycles. The lowest BCUT2D eigenvalue weighted by Crippen LogP contribution is -2.38. The number of thiol groups is 1. The molecule has 0 radical (unpaired) electrons. The number of anilines is 1. The molecule has 2 aromatic rings. The largest absolute Gasteiger partial charge is 0.356 e. The van der Waals surface area contributed by atoms with E-state index in [4.69, 9.17) is 5.41 Å². The van der Waals surface area contributed by atoms with Gasteiger partial charge in [-0.2, -0.15) is 0 Å². The summed E-state index contributed by atoms with van der Waals surface area (Å²) in [6.45, 7) is 2.68. The highest BCUT2D eigenvalue weighted by molar-refractivity contribution is 7.78. The van der Waals surface area contributed by atoms with Gasteiger partial charge < -0.3 is 15.6 Å². The first-order chi connectivity index (χ1) is 14.1. The van der Waals surface area contributed by atoms with Crippen LogP contribution in [0.5, 0.6) is 0 Å². The first-order valence-electron chi connectivity index (χ1n) is 9.18. The Bertz CT molecular complexity index is 809. The number of nitrogens with zero attached hydrogens (tertiary/aromatic N) is 4. The van der Waals surface area contributed by atoms with Crippen molar-refractivity contribution in [3.05, 3.63) is 30.5 Å². The molecule has 0 spiro atoms. The van der Waals surface area contributed by atoms with Gasteiger partial charge in [-0.1, -0.05) is 12.8 Å². The Morgan fingerprint density at radius 3 is 2.97 bits per heavy atom.